The van der Waals surface area contributed by atoms with Crippen LogP contribution in [-0.4, -0.2) is 4.98 Å². The van der Waals surface area contributed by atoms with Crippen LogP contribution >= 0.6 is 0 Å². The Morgan fingerprint density at radius 1 is 1.11 bits per heavy atom. The zero-order chi connectivity index (χ0) is 13.2. The van der Waals surface area contributed by atoms with Gasteiger partial charge in [0.25, 0.3) is 0 Å². The van der Waals surface area contributed by atoms with E-state index in [1.54, 1.807) is 6.20 Å². The third-order valence-corrected chi connectivity index (χ3v) is 3.75. The Morgan fingerprint density at radius 3 is 2.68 bits per heavy atom. The molecule has 3 rings (SSSR count). The van der Waals surface area contributed by atoms with Crippen LogP contribution in [0.5, 0.6) is 0 Å². The predicted octanol–water partition coefficient (Wildman–Crippen LogP) is 3.08. The van der Waals surface area contributed by atoms with E-state index in [4.69, 9.17) is 5.73 Å². The van der Waals surface area contributed by atoms with Gasteiger partial charge in [0.15, 0.2) is 0 Å². The van der Waals surface area contributed by atoms with E-state index >= 15 is 0 Å². The monoisotopic (exact) mass is 249 g/mol. The number of nitriles is 1. The first kappa shape index (κ1) is 11.7. The molecule has 94 valence electrons. The molecule has 3 heteroatoms. The Labute approximate surface area is 112 Å². The van der Waals surface area contributed by atoms with Crippen molar-refractivity contribution in [2.45, 2.75) is 25.7 Å². The summed E-state index contributed by atoms with van der Waals surface area (Å²) < 4.78 is 0. The largest absolute Gasteiger partial charge is 0.383 e. The molecule has 1 aromatic carbocycles. The van der Waals surface area contributed by atoms with E-state index < -0.39 is 0 Å². The molecule has 1 aromatic heterocycles. The maximum atomic E-state index is 9.23. The number of benzene rings is 1. The molecule has 0 aliphatic heterocycles. The second kappa shape index (κ2) is 4.74. The summed E-state index contributed by atoms with van der Waals surface area (Å²) in [6.07, 6.45) is 6.48. The number of aryl methyl sites for hydroxylation is 2. The Hall–Kier alpha value is -2.34. The van der Waals surface area contributed by atoms with Gasteiger partial charge in [0.2, 0.25) is 0 Å². The molecule has 2 N–H and O–H groups in total. The van der Waals surface area contributed by atoms with Gasteiger partial charge in [-0.2, -0.15) is 5.26 Å². The molecular formula is C16H15N3. The lowest BCUT2D eigenvalue weighted by Gasteiger charge is -2.17. The van der Waals surface area contributed by atoms with E-state index in [2.05, 4.69) is 29.3 Å². The summed E-state index contributed by atoms with van der Waals surface area (Å²) >= 11 is 0. The van der Waals surface area contributed by atoms with Crippen LogP contribution in [0, 0.1) is 11.3 Å². The van der Waals surface area contributed by atoms with Gasteiger partial charge in [0.1, 0.15) is 17.5 Å². The number of hydrogen-bond acceptors (Lipinski definition) is 3. The van der Waals surface area contributed by atoms with E-state index in [0.717, 1.165) is 17.5 Å². The SMILES string of the molecule is N#Cc1c(-c2ccc3c(c2)CCCC3)ccnc1N. The smallest absolute Gasteiger partial charge is 0.141 e. The average molecular weight is 249 g/mol. The standard InChI is InChI=1S/C16H15N3/c17-10-15-14(7-8-19-16(15)18)13-6-5-11-3-1-2-4-12(11)9-13/h5-9H,1-4H2,(H2,18,19). The van der Waals surface area contributed by atoms with Crippen molar-refractivity contribution in [2.75, 3.05) is 5.73 Å². The third-order valence-electron chi connectivity index (χ3n) is 3.75. The summed E-state index contributed by atoms with van der Waals surface area (Å²) in [5.41, 5.74) is 11.0. The second-order valence-electron chi connectivity index (χ2n) is 4.92. The van der Waals surface area contributed by atoms with Crippen molar-refractivity contribution in [1.29, 1.82) is 5.26 Å². The summed E-state index contributed by atoms with van der Waals surface area (Å²) in [6.45, 7) is 0. The molecule has 0 saturated heterocycles. The molecule has 3 nitrogen and oxygen atoms in total. The minimum atomic E-state index is 0.303. The number of pyridine rings is 1. The van der Waals surface area contributed by atoms with Crippen molar-refractivity contribution in [2.24, 2.45) is 0 Å². The van der Waals surface area contributed by atoms with Crippen molar-refractivity contribution < 1.29 is 0 Å². The molecule has 0 radical (unpaired) electrons. The van der Waals surface area contributed by atoms with Crippen LogP contribution in [0.4, 0.5) is 5.82 Å². The maximum Gasteiger partial charge on any atom is 0.141 e. The van der Waals surface area contributed by atoms with Crippen LogP contribution < -0.4 is 5.73 Å². The molecular weight excluding hydrogens is 234 g/mol. The predicted molar refractivity (Wildman–Crippen MR) is 75.4 cm³/mol. The fraction of sp³-hybridized carbons (Fsp3) is 0.250. The molecule has 1 aliphatic carbocycles. The second-order valence-corrected chi connectivity index (χ2v) is 4.92. The zero-order valence-corrected chi connectivity index (χ0v) is 10.7. The van der Waals surface area contributed by atoms with Crippen molar-refractivity contribution in [3.8, 4) is 17.2 Å². The van der Waals surface area contributed by atoms with Crippen LogP contribution in [0.25, 0.3) is 11.1 Å². The van der Waals surface area contributed by atoms with E-state index in [9.17, 15) is 5.26 Å². The average Bonchev–Trinajstić information content (AvgIpc) is 2.46. The lowest BCUT2D eigenvalue weighted by molar-refractivity contribution is 0.686. The van der Waals surface area contributed by atoms with E-state index in [1.807, 2.05) is 6.07 Å². The van der Waals surface area contributed by atoms with Crippen LogP contribution in [0.3, 0.4) is 0 Å². The Morgan fingerprint density at radius 2 is 1.89 bits per heavy atom. The molecule has 0 atom stereocenters. The van der Waals surface area contributed by atoms with Gasteiger partial charge in [-0.15, -0.1) is 0 Å². The lowest BCUT2D eigenvalue weighted by Crippen LogP contribution is -2.03. The fourth-order valence-corrected chi connectivity index (χ4v) is 2.74. The Bertz CT molecular complexity index is 668. The molecule has 19 heavy (non-hydrogen) atoms. The third kappa shape index (κ3) is 2.06. The molecule has 0 unspecified atom stereocenters. The van der Waals surface area contributed by atoms with Gasteiger partial charge < -0.3 is 5.73 Å². The van der Waals surface area contributed by atoms with E-state index in [1.165, 1.54) is 30.4 Å². The van der Waals surface area contributed by atoms with Crippen LogP contribution in [0.2, 0.25) is 0 Å². The van der Waals surface area contributed by atoms with E-state index in [0.29, 0.717) is 11.4 Å². The quantitative estimate of drug-likeness (QED) is 0.844. The number of hydrogen-bond donors (Lipinski definition) is 1. The number of aromatic nitrogens is 1. The molecule has 2 aromatic rings. The molecule has 0 amide bonds. The lowest BCUT2D eigenvalue weighted by atomic mass is 9.88. The van der Waals surface area contributed by atoms with Gasteiger partial charge in [-0.05, 0) is 48.4 Å². The Balaban J connectivity index is 2.13. The van der Waals surface area contributed by atoms with Crippen molar-refractivity contribution >= 4 is 5.82 Å². The number of nitrogens with zero attached hydrogens (tertiary/aromatic N) is 2. The summed E-state index contributed by atoms with van der Waals surface area (Å²) in [5.74, 6) is 0.303. The molecule has 1 aliphatic rings. The highest BCUT2D eigenvalue weighted by atomic mass is 14.8. The number of fused-ring (bicyclic) bond motifs is 1. The molecule has 0 bridgehead atoms. The summed E-state index contributed by atoms with van der Waals surface area (Å²) in [4.78, 5) is 3.98. The van der Waals surface area contributed by atoms with Gasteiger partial charge in [-0.25, -0.2) is 4.98 Å². The van der Waals surface area contributed by atoms with Gasteiger partial charge in [-0.1, -0.05) is 18.2 Å². The molecule has 1 heterocycles. The summed E-state index contributed by atoms with van der Waals surface area (Å²) in [7, 11) is 0. The van der Waals surface area contributed by atoms with Crippen LogP contribution in [-0.2, 0) is 12.8 Å². The molecule has 0 saturated carbocycles. The minimum absolute atomic E-state index is 0.303. The molecule has 0 spiro atoms. The number of anilines is 1. The summed E-state index contributed by atoms with van der Waals surface area (Å²) in [6, 6.07) is 10.5. The number of rotatable bonds is 1. The first-order valence-electron chi connectivity index (χ1n) is 6.56. The molecule has 0 fully saturated rings. The van der Waals surface area contributed by atoms with Crippen LogP contribution in [0.1, 0.15) is 29.5 Å². The highest BCUT2D eigenvalue weighted by Gasteiger charge is 2.13. The number of nitrogens with two attached hydrogens (primary N) is 1. The van der Waals surface area contributed by atoms with Gasteiger partial charge >= 0.3 is 0 Å². The maximum absolute atomic E-state index is 9.23. The van der Waals surface area contributed by atoms with Gasteiger partial charge in [-0.3, -0.25) is 0 Å². The fourth-order valence-electron chi connectivity index (χ4n) is 2.74. The topological polar surface area (TPSA) is 62.7 Å². The van der Waals surface area contributed by atoms with Gasteiger partial charge in [0, 0.05) is 11.8 Å². The highest BCUT2D eigenvalue weighted by molar-refractivity contribution is 5.75. The first-order valence-corrected chi connectivity index (χ1v) is 6.56. The zero-order valence-electron chi connectivity index (χ0n) is 10.7. The van der Waals surface area contributed by atoms with Crippen molar-refractivity contribution in [1.82, 2.24) is 4.98 Å². The Kier molecular flexibility index (Phi) is 2.92. The van der Waals surface area contributed by atoms with E-state index in [-0.39, 0.29) is 0 Å². The van der Waals surface area contributed by atoms with Gasteiger partial charge in [0.05, 0.1) is 0 Å². The van der Waals surface area contributed by atoms with Crippen molar-refractivity contribution in [3.05, 3.63) is 47.2 Å². The minimum Gasteiger partial charge on any atom is -0.383 e. The first-order chi connectivity index (χ1) is 9.29. The number of nitrogen functional groups attached to an aromatic ring is 1. The highest BCUT2D eigenvalue weighted by Crippen LogP contribution is 2.30. The normalized spacial score (nSPS) is 13.6. The summed E-state index contributed by atoms with van der Waals surface area (Å²) in [5, 5.41) is 9.23. The van der Waals surface area contributed by atoms with Crippen molar-refractivity contribution in [3.63, 3.8) is 0 Å². The van der Waals surface area contributed by atoms with Crippen LogP contribution in [0.15, 0.2) is 30.5 Å².